The van der Waals surface area contributed by atoms with Gasteiger partial charge in [0.15, 0.2) is 0 Å². The van der Waals surface area contributed by atoms with E-state index in [4.69, 9.17) is 4.98 Å². The van der Waals surface area contributed by atoms with Crippen LogP contribution in [-0.2, 0) is 5.41 Å². The number of hydrogen-bond donors (Lipinski definition) is 2. The Morgan fingerprint density at radius 2 is 1.24 bits per heavy atom. The van der Waals surface area contributed by atoms with Gasteiger partial charge in [0, 0.05) is 67.0 Å². The minimum atomic E-state index is -0.339. The van der Waals surface area contributed by atoms with Crippen molar-refractivity contribution in [2.45, 2.75) is 24.2 Å². The number of allylic oxidation sites excluding steroid dienone is 12. The van der Waals surface area contributed by atoms with Gasteiger partial charge < -0.3 is 10.6 Å². The van der Waals surface area contributed by atoms with Crippen molar-refractivity contribution in [2.75, 3.05) is 13.1 Å². The Balaban J connectivity index is 0.961. The summed E-state index contributed by atoms with van der Waals surface area (Å²) in [5.41, 5.74) is 22.5. The highest BCUT2D eigenvalue weighted by molar-refractivity contribution is 5.86. The topological polar surface area (TPSA) is 49.8 Å². The van der Waals surface area contributed by atoms with Gasteiger partial charge in [-0.05, 0) is 145 Å². The first-order valence-electron chi connectivity index (χ1n) is 23.5. The molecule has 4 heteroatoms. The van der Waals surface area contributed by atoms with Crippen LogP contribution in [0.2, 0.25) is 0 Å². The minimum absolute atomic E-state index is 0.152. The SMILES string of the molecule is C1=CC(C2=CNCC(c3cccc(C4=CC(c5cccc(-c6cncc(-c7ccncc7)c6)c5)CC(C5=CC=C6c7ccccc7C(c7ccccc7)(c7ccccc7)C6C5)=C4)c3)=C2)=CCN1. The van der Waals surface area contributed by atoms with Crippen LogP contribution in [0.5, 0.6) is 0 Å². The molecule has 0 fully saturated rings. The first-order chi connectivity index (χ1) is 33.2. The van der Waals surface area contributed by atoms with E-state index in [1.165, 1.54) is 78.0 Å². The molecule has 2 aromatic heterocycles. The van der Waals surface area contributed by atoms with Gasteiger partial charge in [0.2, 0.25) is 0 Å². The third-order valence-corrected chi connectivity index (χ3v) is 14.5. The summed E-state index contributed by atoms with van der Waals surface area (Å²) in [4.78, 5) is 8.94. The number of dihydropyridines is 2. The summed E-state index contributed by atoms with van der Waals surface area (Å²) in [5, 5.41) is 6.86. The minimum Gasteiger partial charge on any atom is -0.387 e. The Kier molecular flexibility index (Phi) is 10.5. The summed E-state index contributed by atoms with van der Waals surface area (Å²) in [5.74, 6) is 0.367. The fourth-order valence-corrected chi connectivity index (χ4v) is 11.3. The molecule has 0 radical (unpaired) electrons. The predicted molar refractivity (Wildman–Crippen MR) is 275 cm³/mol. The molecule has 2 atom stereocenters. The molecule has 0 spiro atoms. The number of nitrogens with zero attached hydrogens (tertiary/aromatic N) is 2. The smallest absolute Gasteiger partial charge is 0.0529 e. The molecule has 4 nitrogen and oxygen atoms in total. The van der Waals surface area contributed by atoms with E-state index in [-0.39, 0.29) is 17.3 Å². The Morgan fingerprint density at radius 1 is 0.522 bits per heavy atom. The van der Waals surface area contributed by atoms with Gasteiger partial charge in [0.25, 0.3) is 0 Å². The molecule has 5 aromatic carbocycles. The van der Waals surface area contributed by atoms with Crippen LogP contribution in [0.4, 0.5) is 0 Å². The van der Waals surface area contributed by atoms with Crippen molar-refractivity contribution >= 4 is 16.7 Å². The van der Waals surface area contributed by atoms with E-state index in [2.05, 4.69) is 204 Å². The van der Waals surface area contributed by atoms with E-state index in [9.17, 15) is 0 Å². The van der Waals surface area contributed by atoms with Gasteiger partial charge in [0.1, 0.15) is 0 Å². The van der Waals surface area contributed by atoms with Crippen molar-refractivity contribution in [3.05, 3.63) is 293 Å². The van der Waals surface area contributed by atoms with E-state index in [1.807, 2.05) is 43.1 Å². The van der Waals surface area contributed by atoms with Gasteiger partial charge in [0.05, 0.1) is 5.41 Å². The van der Waals surface area contributed by atoms with Crippen molar-refractivity contribution in [3.8, 4) is 22.3 Å². The zero-order valence-electron chi connectivity index (χ0n) is 37.3. The van der Waals surface area contributed by atoms with Crippen molar-refractivity contribution in [2.24, 2.45) is 5.92 Å². The molecule has 2 N–H and O–H groups in total. The molecule has 2 aliphatic heterocycles. The van der Waals surface area contributed by atoms with Crippen LogP contribution in [0.25, 0.3) is 39.0 Å². The number of benzene rings is 5. The number of aromatic nitrogens is 2. The molecule has 0 amide bonds. The molecule has 7 aromatic rings. The molecule has 0 saturated carbocycles. The third-order valence-electron chi connectivity index (χ3n) is 14.5. The lowest BCUT2D eigenvalue weighted by atomic mass is 9.61. The molecule has 2 unspecified atom stereocenters. The number of rotatable bonds is 9. The van der Waals surface area contributed by atoms with Gasteiger partial charge >= 0.3 is 0 Å². The van der Waals surface area contributed by atoms with Crippen molar-refractivity contribution in [1.29, 1.82) is 0 Å². The molecule has 5 aliphatic rings. The Labute approximate surface area is 393 Å². The molecule has 12 rings (SSSR count). The molecular formula is C63H50N4. The number of fused-ring (bicyclic) bond motifs is 3. The second-order valence-corrected chi connectivity index (χ2v) is 18.2. The predicted octanol–water partition coefficient (Wildman–Crippen LogP) is 13.6. The second-order valence-electron chi connectivity index (χ2n) is 18.2. The van der Waals surface area contributed by atoms with Crippen LogP contribution >= 0.6 is 0 Å². The van der Waals surface area contributed by atoms with Gasteiger partial charge in [-0.2, -0.15) is 0 Å². The molecule has 0 saturated heterocycles. The zero-order valence-corrected chi connectivity index (χ0v) is 37.3. The summed E-state index contributed by atoms with van der Waals surface area (Å²) >= 11 is 0. The number of hydrogen-bond acceptors (Lipinski definition) is 4. The first kappa shape index (κ1) is 40.4. The second kappa shape index (κ2) is 17.4. The summed E-state index contributed by atoms with van der Waals surface area (Å²) in [6, 6.07) is 56.3. The molecule has 0 bridgehead atoms. The highest BCUT2D eigenvalue weighted by Gasteiger charge is 2.52. The van der Waals surface area contributed by atoms with Crippen molar-refractivity contribution in [1.82, 2.24) is 20.6 Å². The average molecular weight is 863 g/mol. The Bertz CT molecular complexity index is 3250. The highest BCUT2D eigenvalue weighted by atomic mass is 14.8. The lowest BCUT2D eigenvalue weighted by molar-refractivity contribution is 0.475. The number of pyridine rings is 2. The summed E-state index contributed by atoms with van der Waals surface area (Å²) in [7, 11) is 0. The highest BCUT2D eigenvalue weighted by Crippen LogP contribution is 2.61. The normalized spacial score (nSPS) is 19.1. The maximum Gasteiger partial charge on any atom is 0.0529 e. The number of nitrogens with one attached hydrogen (secondary N) is 2. The van der Waals surface area contributed by atoms with Crippen molar-refractivity contribution in [3.63, 3.8) is 0 Å². The largest absolute Gasteiger partial charge is 0.387 e. The fourth-order valence-electron chi connectivity index (χ4n) is 11.3. The van der Waals surface area contributed by atoms with Gasteiger partial charge in [-0.3, -0.25) is 9.97 Å². The van der Waals surface area contributed by atoms with Crippen LogP contribution in [-0.4, -0.2) is 23.1 Å². The molecule has 322 valence electrons. The van der Waals surface area contributed by atoms with Crippen molar-refractivity contribution < 1.29 is 0 Å². The van der Waals surface area contributed by atoms with Crippen LogP contribution in [0, 0.1) is 5.92 Å². The fraction of sp³-hybridized carbons (Fsp3) is 0.111. The van der Waals surface area contributed by atoms with Crippen LogP contribution < -0.4 is 10.6 Å². The van der Waals surface area contributed by atoms with Gasteiger partial charge in [-0.1, -0.05) is 158 Å². The molecule has 4 heterocycles. The standard InChI is InChI=1S/C63H50N4/c1-3-15-57(16-4-1)63(58-17-5-2-6-18-58)61-20-8-7-19-59(61)60-22-21-49(38-62(60)63)52-34-50(45-11-9-13-47(31-45)55-36-53(39-66-41-55)43-23-27-64-28-24-43)33-51(35-52)46-12-10-14-48(32-46)56-37-54(40-67-42-56)44-25-29-65-30-26-44/h1-29,31-33,35-37,39-41,50,62,65,67H,30,34,38,42H2. The Hall–Kier alpha value is -8.08. The third kappa shape index (κ3) is 7.45. The van der Waals surface area contributed by atoms with Gasteiger partial charge in [-0.25, -0.2) is 0 Å². The molecule has 3 aliphatic carbocycles. The molecule has 67 heavy (non-hydrogen) atoms. The quantitative estimate of drug-likeness (QED) is 0.152. The lowest BCUT2D eigenvalue weighted by Crippen LogP contribution is -2.35. The Morgan fingerprint density at radius 3 is 2.04 bits per heavy atom. The molecular weight excluding hydrogens is 813 g/mol. The van der Waals surface area contributed by atoms with E-state index < -0.39 is 0 Å². The van der Waals surface area contributed by atoms with E-state index >= 15 is 0 Å². The van der Waals surface area contributed by atoms with E-state index in [0.29, 0.717) is 0 Å². The summed E-state index contributed by atoms with van der Waals surface area (Å²) in [6.45, 7) is 1.62. The first-order valence-corrected chi connectivity index (χ1v) is 23.5. The van der Waals surface area contributed by atoms with Crippen LogP contribution in [0.1, 0.15) is 57.7 Å². The summed E-state index contributed by atoms with van der Waals surface area (Å²) in [6.07, 6.45) is 30.3. The summed E-state index contributed by atoms with van der Waals surface area (Å²) < 4.78 is 0. The van der Waals surface area contributed by atoms with Crippen LogP contribution in [0.15, 0.2) is 254 Å². The van der Waals surface area contributed by atoms with Crippen LogP contribution in [0.3, 0.4) is 0 Å². The zero-order chi connectivity index (χ0) is 44.6. The van der Waals surface area contributed by atoms with E-state index in [1.54, 1.807) is 0 Å². The lowest BCUT2D eigenvalue weighted by Gasteiger charge is -2.40. The van der Waals surface area contributed by atoms with Gasteiger partial charge in [-0.15, -0.1) is 0 Å². The average Bonchev–Trinajstić information content (AvgIpc) is 3.72. The maximum atomic E-state index is 4.70. The maximum absolute atomic E-state index is 4.70. The monoisotopic (exact) mass is 862 g/mol. The van der Waals surface area contributed by atoms with E-state index in [0.717, 1.165) is 48.2 Å².